The van der Waals surface area contributed by atoms with E-state index in [1.165, 1.54) is 6.07 Å². The van der Waals surface area contributed by atoms with Gasteiger partial charge in [-0.1, -0.05) is 6.07 Å². The monoisotopic (exact) mass is 581 g/mol. The van der Waals surface area contributed by atoms with Crippen molar-refractivity contribution in [3.63, 3.8) is 0 Å². The molecular weight excluding hydrogens is 549 g/mol. The molecule has 1 aliphatic rings. The maximum atomic E-state index is 14.8. The summed E-state index contributed by atoms with van der Waals surface area (Å²) in [7, 11) is 3.59. The predicted molar refractivity (Wildman–Crippen MR) is 163 cm³/mol. The van der Waals surface area contributed by atoms with Gasteiger partial charge >= 0.3 is 0 Å². The Hall–Kier alpha value is -4.87. The third kappa shape index (κ3) is 6.63. The molecule has 11 heteroatoms. The molecule has 0 bridgehead atoms. The normalized spacial score (nSPS) is 14.1. The van der Waals surface area contributed by atoms with E-state index in [9.17, 15) is 9.18 Å². The number of methoxy groups -OCH3 is 1. The van der Waals surface area contributed by atoms with Gasteiger partial charge in [-0.25, -0.2) is 14.4 Å². The first-order chi connectivity index (χ1) is 20.9. The maximum absolute atomic E-state index is 14.8. The van der Waals surface area contributed by atoms with E-state index in [1.54, 1.807) is 50.0 Å². The number of piperidine rings is 1. The number of aromatic nitrogens is 4. The summed E-state index contributed by atoms with van der Waals surface area (Å²) < 4.78 is 28.1. The van der Waals surface area contributed by atoms with Crippen LogP contribution in [-0.4, -0.2) is 63.2 Å². The number of aryl methyl sites for hydroxylation is 1. The third-order valence-corrected chi connectivity index (χ3v) is 7.55. The number of halogens is 1. The minimum absolute atomic E-state index is 0.127. The van der Waals surface area contributed by atoms with Gasteiger partial charge in [-0.05, 0) is 66.4 Å². The highest BCUT2D eigenvalue weighted by molar-refractivity contribution is 5.91. The molecule has 43 heavy (non-hydrogen) atoms. The van der Waals surface area contributed by atoms with Crippen molar-refractivity contribution in [1.29, 1.82) is 0 Å². The van der Waals surface area contributed by atoms with Crippen LogP contribution in [-0.2, 0) is 16.6 Å². The second-order valence-electron chi connectivity index (χ2n) is 10.4. The fourth-order valence-corrected chi connectivity index (χ4v) is 5.19. The fourth-order valence-electron chi connectivity index (χ4n) is 5.19. The maximum Gasteiger partial charge on any atom is 0.239 e. The number of likely N-dealkylation sites (tertiary alicyclic amines) is 1. The molecule has 10 nitrogen and oxygen atoms in total. The first-order valence-electron chi connectivity index (χ1n) is 14.1. The number of amides is 1. The molecule has 0 aliphatic carbocycles. The molecule has 5 aromatic rings. The van der Waals surface area contributed by atoms with E-state index in [-0.39, 0.29) is 17.8 Å². The number of nitrogens with one attached hydrogen (secondary N) is 2. The highest BCUT2D eigenvalue weighted by Gasteiger charge is 2.20. The van der Waals surface area contributed by atoms with E-state index in [2.05, 4.69) is 30.5 Å². The molecule has 220 valence electrons. The van der Waals surface area contributed by atoms with Gasteiger partial charge in [0, 0.05) is 58.0 Å². The zero-order chi connectivity index (χ0) is 29.8. The summed E-state index contributed by atoms with van der Waals surface area (Å²) in [4.78, 5) is 27.7. The number of ether oxygens (including phenoxy) is 2. The van der Waals surface area contributed by atoms with Crippen LogP contribution in [0, 0.1) is 5.82 Å². The molecule has 2 aromatic carbocycles. The molecule has 0 unspecified atom stereocenters. The van der Waals surface area contributed by atoms with Crippen molar-refractivity contribution in [3.8, 4) is 22.6 Å². The van der Waals surface area contributed by atoms with Crippen LogP contribution in [0.3, 0.4) is 0 Å². The van der Waals surface area contributed by atoms with E-state index in [1.807, 2.05) is 41.9 Å². The van der Waals surface area contributed by atoms with Crippen molar-refractivity contribution in [2.45, 2.75) is 18.9 Å². The highest BCUT2D eigenvalue weighted by atomic mass is 19.1. The molecule has 1 aliphatic heterocycles. The number of carbonyl (C=O) groups excluding carboxylic acids is 1. The van der Waals surface area contributed by atoms with Crippen molar-refractivity contribution in [1.82, 2.24) is 24.4 Å². The lowest BCUT2D eigenvalue weighted by Gasteiger charge is -2.30. The van der Waals surface area contributed by atoms with Gasteiger partial charge in [0.05, 0.1) is 29.4 Å². The summed E-state index contributed by atoms with van der Waals surface area (Å²) in [5, 5.41) is 5.99. The number of benzene rings is 2. The van der Waals surface area contributed by atoms with E-state index >= 15 is 0 Å². The first kappa shape index (κ1) is 28.3. The molecule has 0 radical (unpaired) electrons. The van der Waals surface area contributed by atoms with Crippen molar-refractivity contribution < 1.29 is 18.7 Å². The molecule has 1 amide bonds. The van der Waals surface area contributed by atoms with Gasteiger partial charge in [-0.2, -0.15) is 0 Å². The van der Waals surface area contributed by atoms with Crippen LogP contribution >= 0.6 is 0 Å². The van der Waals surface area contributed by atoms with Gasteiger partial charge in [-0.3, -0.25) is 14.7 Å². The summed E-state index contributed by atoms with van der Waals surface area (Å²) >= 11 is 0. The Kier molecular flexibility index (Phi) is 8.25. The number of rotatable bonds is 9. The molecule has 1 saturated heterocycles. The molecular formula is C32H32FN7O3. The quantitative estimate of drug-likeness (QED) is 0.227. The van der Waals surface area contributed by atoms with Gasteiger partial charge < -0.3 is 24.7 Å². The minimum atomic E-state index is -0.384. The number of carbonyl (C=O) groups is 1. The number of nitrogens with zero attached hydrogens (tertiary/aromatic N) is 5. The van der Waals surface area contributed by atoms with Crippen LogP contribution < -0.4 is 15.4 Å². The van der Waals surface area contributed by atoms with Crippen molar-refractivity contribution in [2.24, 2.45) is 7.05 Å². The molecule has 4 heterocycles. The Bertz CT molecular complexity index is 1740. The summed E-state index contributed by atoms with van der Waals surface area (Å²) in [5.41, 5.74) is 3.63. The third-order valence-electron chi connectivity index (χ3n) is 7.55. The minimum Gasteiger partial charge on any atom is -0.457 e. The molecule has 1 fully saturated rings. The van der Waals surface area contributed by atoms with E-state index in [0.717, 1.165) is 42.6 Å². The Labute approximate surface area is 248 Å². The van der Waals surface area contributed by atoms with E-state index < -0.39 is 0 Å². The summed E-state index contributed by atoms with van der Waals surface area (Å²) in [6, 6.07) is 17.6. The number of pyridine rings is 2. The smallest absolute Gasteiger partial charge is 0.239 e. The summed E-state index contributed by atoms with van der Waals surface area (Å²) in [6.45, 7) is 1.94. The lowest BCUT2D eigenvalue weighted by molar-refractivity contribution is -0.118. The highest BCUT2D eigenvalue weighted by Crippen LogP contribution is 2.31. The Morgan fingerprint density at radius 1 is 0.977 bits per heavy atom. The van der Waals surface area contributed by atoms with E-state index in [0.29, 0.717) is 41.0 Å². The van der Waals surface area contributed by atoms with Crippen molar-refractivity contribution in [3.05, 3.63) is 85.1 Å². The summed E-state index contributed by atoms with van der Waals surface area (Å²) in [6.07, 6.45) is 7.09. The Morgan fingerprint density at radius 2 is 1.77 bits per heavy atom. The van der Waals surface area contributed by atoms with E-state index in [4.69, 9.17) is 9.47 Å². The van der Waals surface area contributed by atoms with Crippen LogP contribution in [0.2, 0.25) is 0 Å². The van der Waals surface area contributed by atoms with Crippen molar-refractivity contribution in [2.75, 3.05) is 37.4 Å². The van der Waals surface area contributed by atoms with Gasteiger partial charge in [0.25, 0.3) is 0 Å². The van der Waals surface area contributed by atoms with Gasteiger partial charge in [0.2, 0.25) is 11.9 Å². The molecule has 0 atom stereocenters. The van der Waals surface area contributed by atoms with Crippen molar-refractivity contribution >= 4 is 34.4 Å². The zero-order valence-electron chi connectivity index (χ0n) is 24.0. The van der Waals surface area contributed by atoms with Gasteiger partial charge in [0.1, 0.15) is 23.1 Å². The molecule has 0 spiro atoms. The van der Waals surface area contributed by atoms with Crippen LogP contribution in [0.5, 0.6) is 11.5 Å². The second-order valence-corrected chi connectivity index (χ2v) is 10.4. The standard InChI is InChI=1S/C32H32FN7O3/c1-39-29-6-4-24(43-25-9-14-35-30(19-25)38-31(41)20-40-15-10-23(42-2)11-16-40)18-28(29)37-32(39)36-27-17-22(3-5-26(27)33)21-7-12-34-13-8-21/h3-9,12-14,17-19,23H,10-11,15-16,20H2,1-2H3,(H,36,37)(H,35,38,41). The Morgan fingerprint density at radius 3 is 2.56 bits per heavy atom. The molecule has 6 rings (SSSR count). The number of hydrogen-bond acceptors (Lipinski definition) is 8. The van der Waals surface area contributed by atoms with Crippen LogP contribution in [0.25, 0.3) is 22.2 Å². The topological polar surface area (TPSA) is 106 Å². The predicted octanol–water partition coefficient (Wildman–Crippen LogP) is 5.75. The van der Waals surface area contributed by atoms with Crippen LogP contribution in [0.1, 0.15) is 12.8 Å². The molecule has 3 aromatic heterocycles. The summed E-state index contributed by atoms with van der Waals surface area (Å²) in [5.74, 6) is 1.47. The lowest BCUT2D eigenvalue weighted by Crippen LogP contribution is -2.41. The van der Waals surface area contributed by atoms with Gasteiger partial charge in [-0.15, -0.1) is 0 Å². The largest absolute Gasteiger partial charge is 0.457 e. The van der Waals surface area contributed by atoms with Crippen LogP contribution in [0.15, 0.2) is 79.3 Å². The average molecular weight is 582 g/mol. The molecule has 2 N–H and O–H groups in total. The SMILES string of the molecule is COC1CCN(CC(=O)Nc2cc(Oc3ccc4c(c3)nc(Nc3cc(-c5ccncc5)ccc3F)n4C)ccn2)CC1. The number of fused-ring (bicyclic) bond motifs is 1. The fraction of sp³-hybridized carbons (Fsp3) is 0.250. The Balaban J connectivity index is 1.13. The van der Waals surface area contributed by atoms with Gasteiger partial charge in [0.15, 0.2) is 0 Å². The molecule has 0 saturated carbocycles. The number of hydrogen-bond donors (Lipinski definition) is 2. The first-order valence-corrected chi connectivity index (χ1v) is 14.1. The van der Waals surface area contributed by atoms with Crippen LogP contribution in [0.4, 0.5) is 21.8 Å². The number of imidazole rings is 1. The number of anilines is 3. The second kappa shape index (κ2) is 12.6. The average Bonchev–Trinajstić information content (AvgIpc) is 3.33. The zero-order valence-corrected chi connectivity index (χ0v) is 24.0. The lowest BCUT2D eigenvalue weighted by atomic mass is 10.1.